The molecule has 2 aromatic rings. The molecule has 4 heteroatoms. The smallest absolute Gasteiger partial charge is 0.272 e. The monoisotopic (exact) mass is 218 g/mol. The van der Waals surface area contributed by atoms with Crippen LogP contribution in [0.4, 0.5) is 0 Å². The van der Waals surface area contributed by atoms with Gasteiger partial charge in [0.25, 0.3) is 5.56 Å². The van der Waals surface area contributed by atoms with Gasteiger partial charge in [-0.15, -0.1) is 0 Å². The number of hydrogen-bond acceptors (Lipinski definition) is 3. The van der Waals surface area contributed by atoms with E-state index in [4.69, 9.17) is 0 Å². The van der Waals surface area contributed by atoms with Gasteiger partial charge in [0.15, 0.2) is 0 Å². The summed E-state index contributed by atoms with van der Waals surface area (Å²) in [6.07, 6.45) is -0.553. The molecule has 1 N–H and O–H groups in total. The van der Waals surface area contributed by atoms with Crippen LogP contribution in [0.15, 0.2) is 29.1 Å². The molecule has 0 bridgehead atoms. The lowest BCUT2D eigenvalue weighted by Crippen LogP contribution is -2.28. The van der Waals surface area contributed by atoms with Crippen molar-refractivity contribution in [3.63, 3.8) is 0 Å². The Kier molecular flexibility index (Phi) is 2.75. The minimum absolute atomic E-state index is 0.139. The molecule has 2 rings (SSSR count). The second-order valence-corrected chi connectivity index (χ2v) is 3.95. The van der Waals surface area contributed by atoms with Crippen LogP contribution in [0.5, 0.6) is 0 Å². The number of benzene rings is 1. The Morgan fingerprint density at radius 2 is 2.12 bits per heavy atom. The van der Waals surface area contributed by atoms with Crippen LogP contribution < -0.4 is 5.56 Å². The molecule has 4 nitrogen and oxygen atoms in total. The van der Waals surface area contributed by atoms with Crippen molar-refractivity contribution in [3.8, 4) is 0 Å². The minimum atomic E-state index is -0.553. The number of aryl methyl sites for hydroxylation is 1. The summed E-state index contributed by atoms with van der Waals surface area (Å²) >= 11 is 0. The lowest BCUT2D eigenvalue weighted by Gasteiger charge is -2.12. The molecule has 0 unspecified atom stereocenters. The number of aliphatic hydroxyl groups is 1. The second kappa shape index (κ2) is 4.06. The first kappa shape index (κ1) is 10.8. The van der Waals surface area contributed by atoms with Crippen molar-refractivity contribution < 1.29 is 5.11 Å². The minimum Gasteiger partial charge on any atom is -0.392 e. The third kappa shape index (κ3) is 1.84. The Morgan fingerprint density at radius 1 is 1.44 bits per heavy atom. The predicted octanol–water partition coefficient (Wildman–Crippen LogP) is 1.09. The Labute approximate surface area is 93.2 Å². The molecule has 1 heterocycles. The molecule has 0 saturated heterocycles. The highest BCUT2D eigenvalue weighted by atomic mass is 16.3. The average molecular weight is 218 g/mol. The van der Waals surface area contributed by atoms with Gasteiger partial charge in [-0.3, -0.25) is 4.79 Å². The van der Waals surface area contributed by atoms with Crippen molar-refractivity contribution in [2.75, 3.05) is 0 Å². The summed E-state index contributed by atoms with van der Waals surface area (Å²) in [5.41, 5.74) is 1.86. The summed E-state index contributed by atoms with van der Waals surface area (Å²) in [5.74, 6) is 0. The summed E-state index contributed by atoms with van der Waals surface area (Å²) in [7, 11) is 0. The number of nitrogens with zero attached hydrogens (tertiary/aromatic N) is 2. The highest BCUT2D eigenvalue weighted by Crippen LogP contribution is 2.09. The van der Waals surface area contributed by atoms with E-state index in [-0.39, 0.29) is 5.56 Å². The van der Waals surface area contributed by atoms with Crippen LogP contribution in [0, 0.1) is 6.92 Å². The Morgan fingerprint density at radius 3 is 2.81 bits per heavy atom. The summed E-state index contributed by atoms with van der Waals surface area (Å²) in [4.78, 5) is 16.1. The van der Waals surface area contributed by atoms with Gasteiger partial charge in [0, 0.05) is 0 Å². The van der Waals surface area contributed by atoms with Gasteiger partial charge in [-0.2, -0.15) is 0 Å². The molecule has 0 aliphatic heterocycles. The van der Waals surface area contributed by atoms with Crippen molar-refractivity contribution in [2.24, 2.45) is 0 Å². The largest absolute Gasteiger partial charge is 0.392 e. The van der Waals surface area contributed by atoms with Crippen LogP contribution in [-0.4, -0.2) is 20.8 Å². The molecular weight excluding hydrogens is 204 g/mol. The number of rotatable bonds is 2. The van der Waals surface area contributed by atoms with E-state index >= 15 is 0 Å². The molecule has 0 amide bonds. The molecule has 0 aliphatic carbocycles. The van der Waals surface area contributed by atoms with Gasteiger partial charge in [-0.05, 0) is 26.0 Å². The highest BCUT2D eigenvalue weighted by Gasteiger charge is 2.08. The van der Waals surface area contributed by atoms with Gasteiger partial charge >= 0.3 is 0 Å². The van der Waals surface area contributed by atoms with Crippen molar-refractivity contribution in [1.29, 1.82) is 0 Å². The summed E-state index contributed by atoms with van der Waals surface area (Å²) < 4.78 is 1.57. The van der Waals surface area contributed by atoms with Crippen molar-refractivity contribution in [2.45, 2.75) is 26.5 Å². The number of fused-ring (bicyclic) bond motifs is 1. The zero-order valence-electron chi connectivity index (χ0n) is 9.34. The Hall–Kier alpha value is -1.68. The number of para-hydroxylation sites is 2. The van der Waals surface area contributed by atoms with Crippen LogP contribution in [0.1, 0.15) is 12.6 Å². The molecule has 0 saturated carbocycles. The van der Waals surface area contributed by atoms with Gasteiger partial charge in [-0.25, -0.2) is 4.98 Å². The van der Waals surface area contributed by atoms with Gasteiger partial charge in [0.2, 0.25) is 0 Å². The second-order valence-electron chi connectivity index (χ2n) is 3.95. The molecule has 84 valence electrons. The quantitative estimate of drug-likeness (QED) is 0.820. The van der Waals surface area contributed by atoms with E-state index in [0.29, 0.717) is 12.2 Å². The lowest BCUT2D eigenvalue weighted by molar-refractivity contribution is 0.173. The third-order valence-corrected chi connectivity index (χ3v) is 2.46. The first-order valence-corrected chi connectivity index (χ1v) is 5.24. The maximum atomic E-state index is 11.9. The van der Waals surface area contributed by atoms with Gasteiger partial charge in [-0.1, -0.05) is 12.1 Å². The highest BCUT2D eigenvalue weighted by molar-refractivity contribution is 5.74. The van der Waals surface area contributed by atoms with E-state index < -0.39 is 6.10 Å². The van der Waals surface area contributed by atoms with E-state index in [0.717, 1.165) is 11.0 Å². The molecule has 0 spiro atoms. The van der Waals surface area contributed by atoms with Crippen LogP contribution in [0.25, 0.3) is 11.0 Å². The standard InChI is InChI=1S/C12H14N2O2/c1-8(15)7-14-11-6-4-3-5-10(11)13-9(2)12(14)16/h3-6,8,15H,7H2,1-2H3/t8-/m0/s1. The average Bonchev–Trinajstić information content (AvgIpc) is 2.24. The maximum Gasteiger partial charge on any atom is 0.272 e. The van der Waals surface area contributed by atoms with E-state index in [1.165, 1.54) is 0 Å². The topological polar surface area (TPSA) is 55.1 Å². The molecule has 16 heavy (non-hydrogen) atoms. The molecule has 1 aromatic heterocycles. The van der Waals surface area contributed by atoms with E-state index in [2.05, 4.69) is 4.98 Å². The first-order valence-electron chi connectivity index (χ1n) is 5.24. The van der Waals surface area contributed by atoms with Crippen molar-refractivity contribution in [1.82, 2.24) is 9.55 Å². The van der Waals surface area contributed by atoms with Crippen LogP contribution in [-0.2, 0) is 6.54 Å². The Balaban J connectivity index is 2.76. The lowest BCUT2D eigenvalue weighted by atomic mass is 10.2. The fraction of sp³-hybridized carbons (Fsp3) is 0.333. The van der Waals surface area contributed by atoms with Crippen molar-refractivity contribution in [3.05, 3.63) is 40.3 Å². The summed E-state index contributed by atoms with van der Waals surface area (Å²) in [6, 6.07) is 7.44. The van der Waals surface area contributed by atoms with Crippen molar-refractivity contribution >= 4 is 11.0 Å². The van der Waals surface area contributed by atoms with Gasteiger partial charge < -0.3 is 9.67 Å². The number of aliphatic hydroxyl groups excluding tert-OH is 1. The molecule has 1 atom stereocenters. The van der Waals surface area contributed by atoms with Crippen LogP contribution >= 0.6 is 0 Å². The normalized spacial score (nSPS) is 12.9. The van der Waals surface area contributed by atoms with E-state index in [9.17, 15) is 9.90 Å². The van der Waals surface area contributed by atoms with Gasteiger partial charge in [0.05, 0.1) is 23.7 Å². The zero-order chi connectivity index (χ0) is 11.7. The molecule has 0 fully saturated rings. The van der Waals surface area contributed by atoms with E-state index in [1.807, 2.05) is 24.3 Å². The first-order chi connectivity index (χ1) is 7.59. The van der Waals surface area contributed by atoms with Gasteiger partial charge in [0.1, 0.15) is 5.69 Å². The van der Waals surface area contributed by atoms with Crippen LogP contribution in [0.3, 0.4) is 0 Å². The zero-order valence-corrected chi connectivity index (χ0v) is 9.34. The number of hydrogen-bond donors (Lipinski definition) is 1. The molecule has 0 radical (unpaired) electrons. The molecular formula is C12H14N2O2. The summed E-state index contributed by atoms with van der Waals surface area (Å²) in [5, 5.41) is 9.40. The molecule has 1 aromatic carbocycles. The predicted molar refractivity (Wildman–Crippen MR) is 62.4 cm³/mol. The molecule has 0 aliphatic rings. The Bertz CT molecular complexity index is 573. The fourth-order valence-corrected chi connectivity index (χ4v) is 1.77. The maximum absolute atomic E-state index is 11.9. The summed E-state index contributed by atoms with van der Waals surface area (Å²) in [6.45, 7) is 3.65. The van der Waals surface area contributed by atoms with Crippen LogP contribution in [0.2, 0.25) is 0 Å². The van der Waals surface area contributed by atoms with E-state index in [1.54, 1.807) is 18.4 Å². The fourth-order valence-electron chi connectivity index (χ4n) is 1.77. The SMILES string of the molecule is Cc1nc2ccccc2n(C[C@H](C)O)c1=O. The number of aromatic nitrogens is 2. The third-order valence-electron chi connectivity index (χ3n) is 2.46.